The van der Waals surface area contributed by atoms with Gasteiger partial charge in [0.05, 0.1) is 6.54 Å². The van der Waals surface area contributed by atoms with Gasteiger partial charge in [-0.25, -0.2) is 9.18 Å². The number of halogens is 1. The molecule has 0 N–H and O–H groups in total. The molecule has 21 heavy (non-hydrogen) atoms. The Bertz CT molecular complexity index is 760. The summed E-state index contributed by atoms with van der Waals surface area (Å²) >= 11 is 0. The fraction of sp³-hybridized carbons (Fsp3) is 0.333. The second kappa shape index (κ2) is 5.65. The molecule has 6 heteroatoms. The van der Waals surface area contributed by atoms with Crippen molar-refractivity contribution >= 4 is 0 Å². The van der Waals surface area contributed by atoms with Crippen LogP contribution in [0.3, 0.4) is 0 Å². The van der Waals surface area contributed by atoms with Crippen LogP contribution in [-0.4, -0.2) is 15.7 Å². The fourth-order valence-electron chi connectivity index (χ4n) is 2.47. The molecule has 0 bridgehead atoms. The number of ether oxygens (including phenoxy) is 1. The minimum atomic E-state index is -0.474. The Morgan fingerprint density at radius 3 is 2.76 bits per heavy atom. The van der Waals surface area contributed by atoms with Crippen molar-refractivity contribution in [2.75, 3.05) is 6.61 Å². The zero-order valence-electron chi connectivity index (χ0n) is 11.4. The lowest BCUT2D eigenvalue weighted by molar-refractivity contribution is 0.0514. The maximum atomic E-state index is 13.7. The van der Waals surface area contributed by atoms with E-state index in [0.29, 0.717) is 12.2 Å². The molecule has 5 nitrogen and oxygen atoms in total. The van der Waals surface area contributed by atoms with Gasteiger partial charge in [0.15, 0.2) is 0 Å². The van der Waals surface area contributed by atoms with Gasteiger partial charge in [-0.15, -0.1) is 0 Å². The lowest BCUT2D eigenvalue weighted by Gasteiger charge is -2.15. The third-order valence-corrected chi connectivity index (χ3v) is 3.60. The summed E-state index contributed by atoms with van der Waals surface area (Å²) in [6.45, 7) is 0.515. The monoisotopic (exact) mass is 290 g/mol. The molecule has 1 fully saturated rings. The van der Waals surface area contributed by atoms with Crippen LogP contribution in [0.2, 0.25) is 0 Å². The van der Waals surface area contributed by atoms with Crippen LogP contribution < -0.4 is 11.2 Å². The lowest BCUT2D eigenvalue weighted by atomic mass is 10.2. The molecule has 0 saturated carbocycles. The van der Waals surface area contributed by atoms with Gasteiger partial charge in [0.1, 0.15) is 12.0 Å². The van der Waals surface area contributed by atoms with Crippen LogP contribution in [0.1, 0.15) is 24.6 Å². The Morgan fingerprint density at radius 1 is 1.24 bits per heavy atom. The predicted molar refractivity (Wildman–Crippen MR) is 74.7 cm³/mol. The van der Waals surface area contributed by atoms with Crippen molar-refractivity contribution in [3.05, 3.63) is 68.7 Å². The first-order valence-corrected chi connectivity index (χ1v) is 6.84. The summed E-state index contributed by atoms with van der Waals surface area (Å²) in [7, 11) is 0. The average Bonchev–Trinajstić information content (AvgIpc) is 2.99. The summed E-state index contributed by atoms with van der Waals surface area (Å²) in [5.41, 5.74) is -0.614. The van der Waals surface area contributed by atoms with Crippen molar-refractivity contribution in [3.8, 4) is 0 Å². The van der Waals surface area contributed by atoms with E-state index in [9.17, 15) is 14.0 Å². The van der Waals surface area contributed by atoms with E-state index in [1.165, 1.54) is 22.9 Å². The molecule has 0 amide bonds. The van der Waals surface area contributed by atoms with Crippen LogP contribution in [0.4, 0.5) is 4.39 Å². The highest BCUT2D eigenvalue weighted by molar-refractivity contribution is 5.17. The van der Waals surface area contributed by atoms with Crippen molar-refractivity contribution in [2.45, 2.75) is 25.6 Å². The van der Waals surface area contributed by atoms with Crippen LogP contribution in [0, 0.1) is 5.82 Å². The van der Waals surface area contributed by atoms with E-state index in [0.717, 1.165) is 17.4 Å². The first-order valence-electron chi connectivity index (χ1n) is 6.84. The van der Waals surface area contributed by atoms with Crippen molar-refractivity contribution in [3.63, 3.8) is 0 Å². The van der Waals surface area contributed by atoms with E-state index in [1.807, 2.05) is 0 Å². The third-order valence-electron chi connectivity index (χ3n) is 3.60. The molecule has 0 spiro atoms. The van der Waals surface area contributed by atoms with Crippen LogP contribution in [0.15, 0.2) is 46.1 Å². The zero-order valence-corrected chi connectivity index (χ0v) is 11.4. The molecule has 1 atom stereocenters. The molecule has 110 valence electrons. The molecule has 3 rings (SSSR count). The maximum Gasteiger partial charge on any atom is 0.333 e. The molecule has 1 aliphatic rings. The Balaban J connectivity index is 2.02. The number of aromatic nitrogens is 2. The summed E-state index contributed by atoms with van der Waals surface area (Å²) < 4.78 is 21.6. The van der Waals surface area contributed by atoms with Gasteiger partial charge in [0.2, 0.25) is 0 Å². The predicted octanol–water partition coefficient (Wildman–Crippen LogP) is 1.51. The molecule has 0 aliphatic carbocycles. The van der Waals surface area contributed by atoms with E-state index >= 15 is 0 Å². The molecule has 1 aromatic carbocycles. The molecular formula is C15H15FN2O3. The molecule has 2 aromatic rings. The standard InChI is InChI=1S/C15H15FN2O3/c16-12-5-2-1-4-11(12)10-18-13(19)7-8-17(15(18)20)14-6-3-9-21-14/h1-2,4-5,7-8,14H,3,6,9-10H2/t14-/m1/s1. The second-order valence-corrected chi connectivity index (χ2v) is 4.99. The topological polar surface area (TPSA) is 53.2 Å². The number of hydrogen-bond acceptors (Lipinski definition) is 3. The van der Waals surface area contributed by atoms with Crippen molar-refractivity contribution < 1.29 is 9.13 Å². The van der Waals surface area contributed by atoms with Gasteiger partial charge in [-0.3, -0.25) is 13.9 Å². The fourth-order valence-corrected chi connectivity index (χ4v) is 2.47. The van der Waals surface area contributed by atoms with E-state index in [2.05, 4.69) is 0 Å². The summed E-state index contributed by atoms with van der Waals surface area (Å²) in [4.78, 5) is 24.3. The van der Waals surface area contributed by atoms with Gasteiger partial charge < -0.3 is 4.74 Å². The summed E-state index contributed by atoms with van der Waals surface area (Å²) in [5, 5.41) is 0. The van der Waals surface area contributed by atoms with Crippen molar-refractivity contribution in [1.82, 2.24) is 9.13 Å². The quantitative estimate of drug-likeness (QED) is 0.861. The molecule has 0 radical (unpaired) electrons. The number of rotatable bonds is 3. The SMILES string of the molecule is O=c1ccn([C@H]2CCCO2)c(=O)n1Cc1ccccc1F. The van der Waals surface area contributed by atoms with E-state index in [-0.39, 0.29) is 12.8 Å². The summed E-state index contributed by atoms with van der Waals surface area (Å²) in [5.74, 6) is -0.434. The minimum absolute atomic E-state index is 0.0854. The lowest BCUT2D eigenvalue weighted by Crippen LogP contribution is -2.40. The smallest absolute Gasteiger partial charge is 0.333 e. The highest BCUT2D eigenvalue weighted by atomic mass is 19.1. The Hall–Kier alpha value is -2.21. The van der Waals surface area contributed by atoms with Gasteiger partial charge in [-0.05, 0) is 18.9 Å². The van der Waals surface area contributed by atoms with Gasteiger partial charge in [0.25, 0.3) is 5.56 Å². The minimum Gasteiger partial charge on any atom is -0.358 e. The van der Waals surface area contributed by atoms with Gasteiger partial charge in [-0.1, -0.05) is 18.2 Å². The van der Waals surface area contributed by atoms with Crippen molar-refractivity contribution in [1.29, 1.82) is 0 Å². The number of nitrogens with zero attached hydrogens (tertiary/aromatic N) is 2. The largest absolute Gasteiger partial charge is 0.358 e. The second-order valence-electron chi connectivity index (χ2n) is 4.99. The van der Waals surface area contributed by atoms with Gasteiger partial charge >= 0.3 is 5.69 Å². The van der Waals surface area contributed by atoms with E-state index in [4.69, 9.17) is 4.74 Å². The molecule has 1 saturated heterocycles. The Morgan fingerprint density at radius 2 is 2.05 bits per heavy atom. The van der Waals surface area contributed by atoms with Gasteiger partial charge in [-0.2, -0.15) is 0 Å². The van der Waals surface area contributed by atoms with Gasteiger partial charge in [0, 0.05) is 24.4 Å². The van der Waals surface area contributed by atoms with Crippen LogP contribution >= 0.6 is 0 Å². The highest BCUT2D eigenvalue weighted by Crippen LogP contribution is 2.20. The first kappa shape index (κ1) is 13.8. The summed E-state index contributed by atoms with van der Waals surface area (Å²) in [6, 6.07) is 7.42. The first-order chi connectivity index (χ1) is 10.2. The van der Waals surface area contributed by atoms with Crippen LogP contribution in [0.5, 0.6) is 0 Å². The average molecular weight is 290 g/mol. The van der Waals surface area contributed by atoms with Crippen LogP contribution in [0.25, 0.3) is 0 Å². The normalized spacial score (nSPS) is 18.0. The zero-order chi connectivity index (χ0) is 14.8. The molecule has 1 aromatic heterocycles. The van der Waals surface area contributed by atoms with Crippen molar-refractivity contribution in [2.24, 2.45) is 0 Å². The molecular weight excluding hydrogens is 275 g/mol. The maximum absolute atomic E-state index is 13.7. The number of benzene rings is 1. The van der Waals surface area contributed by atoms with E-state index < -0.39 is 17.1 Å². The number of hydrogen-bond donors (Lipinski definition) is 0. The third kappa shape index (κ3) is 2.67. The highest BCUT2D eigenvalue weighted by Gasteiger charge is 2.20. The van der Waals surface area contributed by atoms with Crippen LogP contribution in [-0.2, 0) is 11.3 Å². The summed E-state index contributed by atoms with van der Waals surface area (Å²) in [6.07, 6.45) is 2.71. The Kier molecular flexibility index (Phi) is 3.70. The van der Waals surface area contributed by atoms with E-state index in [1.54, 1.807) is 18.2 Å². The molecule has 1 aliphatic heterocycles. The molecule has 0 unspecified atom stereocenters. The molecule has 2 heterocycles. The Labute approximate surface area is 120 Å².